The first-order chi connectivity index (χ1) is 18.4. The highest BCUT2D eigenvalue weighted by Crippen LogP contribution is 2.19. The molecule has 2 aromatic carbocycles. The van der Waals surface area contributed by atoms with Gasteiger partial charge in [-0.05, 0) is 60.9 Å². The van der Waals surface area contributed by atoms with Gasteiger partial charge in [0.25, 0.3) is 0 Å². The highest BCUT2D eigenvalue weighted by atomic mass is 19.1. The lowest BCUT2D eigenvalue weighted by molar-refractivity contribution is -0.134. The molecule has 8 heteroatoms. The molecule has 1 aliphatic heterocycles. The van der Waals surface area contributed by atoms with Crippen LogP contribution in [0.4, 0.5) is 4.39 Å². The van der Waals surface area contributed by atoms with Crippen molar-refractivity contribution in [2.45, 2.75) is 77.5 Å². The number of carbonyl (C=O) groups is 2. The summed E-state index contributed by atoms with van der Waals surface area (Å²) in [5.74, 6) is -0.362. The quantitative estimate of drug-likeness (QED) is 0.486. The van der Waals surface area contributed by atoms with Crippen molar-refractivity contribution in [1.82, 2.24) is 15.5 Å². The number of amides is 2. The lowest BCUT2D eigenvalue weighted by Gasteiger charge is -2.26. The molecule has 3 rings (SSSR count). The Balaban J connectivity index is 1.72. The van der Waals surface area contributed by atoms with Gasteiger partial charge in [-0.2, -0.15) is 0 Å². The number of nitrogens with one attached hydrogen (secondary N) is 2. The molecule has 0 saturated carbocycles. The van der Waals surface area contributed by atoms with Gasteiger partial charge in [-0.15, -0.1) is 0 Å². The molecule has 3 N–H and O–H groups in total. The first kappa shape index (κ1) is 29.6. The van der Waals surface area contributed by atoms with Crippen molar-refractivity contribution in [1.29, 1.82) is 0 Å². The van der Waals surface area contributed by atoms with E-state index in [1.807, 2.05) is 19.1 Å². The summed E-state index contributed by atoms with van der Waals surface area (Å²) in [6, 6.07) is 12.1. The van der Waals surface area contributed by atoms with Gasteiger partial charge in [-0.1, -0.05) is 38.1 Å². The molecular weight excluding hydrogens is 485 g/mol. The molecule has 2 amide bonds. The molecule has 0 saturated heterocycles. The minimum absolute atomic E-state index is 0.0387. The van der Waals surface area contributed by atoms with Crippen molar-refractivity contribution in [3.05, 3.63) is 65.0 Å². The van der Waals surface area contributed by atoms with Gasteiger partial charge < -0.3 is 25.4 Å². The lowest BCUT2D eigenvalue weighted by Crippen LogP contribution is -2.48. The molecule has 0 fully saturated rings. The summed E-state index contributed by atoms with van der Waals surface area (Å²) in [5, 5.41) is 17.2. The topological polar surface area (TPSA) is 90.9 Å². The predicted molar refractivity (Wildman–Crippen MR) is 146 cm³/mol. The van der Waals surface area contributed by atoms with Crippen molar-refractivity contribution in [2.75, 3.05) is 26.2 Å². The second kappa shape index (κ2) is 15.4. The minimum atomic E-state index is -0.924. The predicted octanol–water partition coefficient (Wildman–Crippen LogP) is 3.76. The van der Waals surface area contributed by atoms with Crippen LogP contribution in [0.5, 0.6) is 5.75 Å². The molecule has 0 spiro atoms. The number of ether oxygens (including phenoxy) is 1. The molecule has 2 aromatic rings. The van der Waals surface area contributed by atoms with Crippen molar-refractivity contribution >= 4 is 11.8 Å². The maximum atomic E-state index is 14.4. The third-order valence-electron chi connectivity index (χ3n) is 6.78. The standard InChI is InChI=1S/C30H42FN3O4/c1-3-12-34-13-5-6-14-38-26-17-24(16-25(31)19-26)18-27(33-29(36)10-11-30(34)37)28(35)21-32-20-23-9-7-8-22(4-2)15-23/h7-9,15-17,19,27-28,32,35H,3-6,10-14,18,20-21H2,1-2H3,(H,33,36)/t27-,28+/m0/s1. The van der Waals surface area contributed by atoms with E-state index in [1.165, 1.54) is 17.7 Å². The molecule has 2 bridgehead atoms. The zero-order valence-corrected chi connectivity index (χ0v) is 22.7. The van der Waals surface area contributed by atoms with Crippen LogP contribution >= 0.6 is 0 Å². The Hall–Kier alpha value is -2.97. The molecule has 38 heavy (non-hydrogen) atoms. The van der Waals surface area contributed by atoms with Gasteiger partial charge in [0, 0.05) is 45.1 Å². The van der Waals surface area contributed by atoms with E-state index < -0.39 is 18.0 Å². The number of benzene rings is 2. The molecular formula is C30H42FN3O4. The fourth-order valence-corrected chi connectivity index (χ4v) is 4.71. The zero-order chi connectivity index (χ0) is 27.3. The summed E-state index contributed by atoms with van der Waals surface area (Å²) in [6.45, 7) is 6.60. The van der Waals surface area contributed by atoms with E-state index in [0.29, 0.717) is 37.6 Å². The highest BCUT2D eigenvalue weighted by molar-refractivity contribution is 5.84. The number of hydrogen-bond acceptors (Lipinski definition) is 5. The smallest absolute Gasteiger partial charge is 0.223 e. The van der Waals surface area contributed by atoms with E-state index in [9.17, 15) is 19.1 Å². The van der Waals surface area contributed by atoms with Gasteiger partial charge in [0.1, 0.15) is 11.6 Å². The van der Waals surface area contributed by atoms with Gasteiger partial charge in [0.05, 0.1) is 18.8 Å². The van der Waals surface area contributed by atoms with Gasteiger partial charge in [0.15, 0.2) is 0 Å². The van der Waals surface area contributed by atoms with Crippen LogP contribution in [0.2, 0.25) is 0 Å². The van der Waals surface area contributed by atoms with E-state index in [0.717, 1.165) is 31.2 Å². The maximum Gasteiger partial charge on any atom is 0.223 e. The number of aliphatic hydroxyl groups is 1. The molecule has 1 aliphatic rings. The van der Waals surface area contributed by atoms with Gasteiger partial charge in [-0.3, -0.25) is 9.59 Å². The molecule has 7 nitrogen and oxygen atoms in total. The maximum absolute atomic E-state index is 14.4. The largest absolute Gasteiger partial charge is 0.493 e. The number of rotatable bonds is 8. The fourth-order valence-electron chi connectivity index (χ4n) is 4.71. The van der Waals surface area contributed by atoms with Crippen molar-refractivity contribution in [3.8, 4) is 5.75 Å². The van der Waals surface area contributed by atoms with Crippen molar-refractivity contribution in [3.63, 3.8) is 0 Å². The Morgan fingerprint density at radius 2 is 1.95 bits per heavy atom. The third-order valence-corrected chi connectivity index (χ3v) is 6.78. The summed E-state index contributed by atoms with van der Waals surface area (Å²) >= 11 is 0. The Morgan fingerprint density at radius 1 is 1.13 bits per heavy atom. The number of aryl methyl sites for hydroxylation is 1. The average molecular weight is 528 g/mol. The molecule has 0 radical (unpaired) electrons. The number of nitrogens with zero attached hydrogens (tertiary/aromatic N) is 1. The van der Waals surface area contributed by atoms with Crippen LogP contribution in [0.25, 0.3) is 0 Å². The monoisotopic (exact) mass is 527 g/mol. The number of fused-ring (bicyclic) bond motifs is 2. The molecule has 2 atom stereocenters. The molecule has 1 heterocycles. The van der Waals surface area contributed by atoms with Crippen LogP contribution < -0.4 is 15.4 Å². The summed E-state index contributed by atoms with van der Waals surface area (Å²) in [4.78, 5) is 27.4. The molecule has 0 aromatic heterocycles. The van der Waals surface area contributed by atoms with Crippen LogP contribution in [0.1, 0.15) is 62.6 Å². The van der Waals surface area contributed by atoms with E-state index >= 15 is 0 Å². The first-order valence-electron chi connectivity index (χ1n) is 13.8. The first-order valence-corrected chi connectivity index (χ1v) is 13.8. The SMILES string of the molecule is CCCN1CCCCOc2cc(F)cc(c2)C[C@@H]([C@H](O)CNCc2cccc(CC)c2)NC(=O)CCC1=O. The van der Waals surface area contributed by atoms with E-state index in [2.05, 4.69) is 29.7 Å². The second-order valence-electron chi connectivity index (χ2n) is 9.98. The van der Waals surface area contributed by atoms with Crippen LogP contribution in [0, 0.1) is 5.82 Å². The Labute approximate surface area is 225 Å². The second-order valence-corrected chi connectivity index (χ2v) is 9.98. The lowest BCUT2D eigenvalue weighted by atomic mass is 10.00. The van der Waals surface area contributed by atoms with Crippen molar-refractivity contribution < 1.29 is 23.8 Å². The summed E-state index contributed by atoms with van der Waals surface area (Å²) in [7, 11) is 0. The zero-order valence-electron chi connectivity index (χ0n) is 22.7. The Bertz CT molecular complexity index is 1050. The summed E-state index contributed by atoms with van der Waals surface area (Å²) in [6.07, 6.45) is 2.74. The molecule has 0 aliphatic carbocycles. The fraction of sp³-hybridized carbons (Fsp3) is 0.533. The summed E-state index contributed by atoms with van der Waals surface area (Å²) in [5.41, 5.74) is 2.98. The Morgan fingerprint density at radius 3 is 2.74 bits per heavy atom. The van der Waals surface area contributed by atoms with E-state index in [-0.39, 0.29) is 37.6 Å². The normalized spacial score (nSPS) is 18.5. The summed E-state index contributed by atoms with van der Waals surface area (Å²) < 4.78 is 20.2. The van der Waals surface area contributed by atoms with E-state index in [1.54, 1.807) is 11.0 Å². The van der Waals surface area contributed by atoms with E-state index in [4.69, 9.17) is 4.74 Å². The third kappa shape index (κ3) is 9.72. The van der Waals surface area contributed by atoms with Crippen LogP contribution in [-0.2, 0) is 29.0 Å². The van der Waals surface area contributed by atoms with Gasteiger partial charge in [0.2, 0.25) is 11.8 Å². The molecule has 208 valence electrons. The minimum Gasteiger partial charge on any atom is -0.493 e. The van der Waals surface area contributed by atoms with Crippen LogP contribution in [0.3, 0.4) is 0 Å². The number of carbonyl (C=O) groups excluding carboxylic acids is 2. The van der Waals surface area contributed by atoms with Gasteiger partial charge in [-0.25, -0.2) is 4.39 Å². The Kier molecular flexibility index (Phi) is 12.0. The highest BCUT2D eigenvalue weighted by Gasteiger charge is 2.23. The van der Waals surface area contributed by atoms with Crippen LogP contribution in [-0.4, -0.2) is 60.2 Å². The number of hydrogen-bond donors (Lipinski definition) is 3. The number of aliphatic hydroxyl groups excluding tert-OH is 1. The van der Waals surface area contributed by atoms with Gasteiger partial charge >= 0.3 is 0 Å². The number of halogens is 1. The average Bonchev–Trinajstić information content (AvgIpc) is 2.90. The van der Waals surface area contributed by atoms with Crippen molar-refractivity contribution in [2.24, 2.45) is 0 Å². The van der Waals surface area contributed by atoms with Crippen LogP contribution in [0.15, 0.2) is 42.5 Å². The molecule has 0 unspecified atom stereocenters.